The maximum Gasteiger partial charge on any atom is 0.222 e. The van der Waals surface area contributed by atoms with E-state index in [2.05, 4.69) is 0 Å². The normalized spacial score (nSPS) is 21.4. The number of carbonyl (C=O) groups is 3. The summed E-state index contributed by atoms with van der Waals surface area (Å²) < 4.78 is 0. The van der Waals surface area contributed by atoms with Crippen molar-refractivity contribution in [2.75, 3.05) is 32.7 Å². The predicted molar refractivity (Wildman–Crippen MR) is 96.9 cm³/mol. The van der Waals surface area contributed by atoms with Gasteiger partial charge in [-0.25, -0.2) is 0 Å². The third kappa shape index (κ3) is 5.44. The van der Waals surface area contributed by atoms with Crippen molar-refractivity contribution in [3.05, 3.63) is 0 Å². The molecule has 0 aliphatic carbocycles. The Kier molecular flexibility index (Phi) is 7.72. The van der Waals surface area contributed by atoms with Gasteiger partial charge in [0.25, 0.3) is 0 Å². The minimum Gasteiger partial charge on any atom is -0.343 e. The number of carbonyl (C=O) groups excluding carboxylic acids is 3. The zero-order valence-electron chi connectivity index (χ0n) is 15.8. The highest BCUT2D eigenvalue weighted by atomic mass is 16.2. The molecule has 0 radical (unpaired) electrons. The standard InChI is InChI=1S/C19H33N3O3/c1-3-20(4-2)17(23)11-7-12-18(24)21-13-8-9-16(15-21)22-14-6-5-10-19(22)25/h16H,3-15H2,1-2H3. The van der Waals surface area contributed by atoms with Crippen molar-refractivity contribution in [2.24, 2.45) is 0 Å². The van der Waals surface area contributed by atoms with Crippen LogP contribution >= 0.6 is 0 Å². The van der Waals surface area contributed by atoms with Gasteiger partial charge in [-0.15, -0.1) is 0 Å². The van der Waals surface area contributed by atoms with Crippen molar-refractivity contribution < 1.29 is 14.4 Å². The maximum atomic E-state index is 12.5. The van der Waals surface area contributed by atoms with Gasteiger partial charge in [0.2, 0.25) is 17.7 Å². The third-order valence-corrected chi connectivity index (χ3v) is 5.45. The highest BCUT2D eigenvalue weighted by molar-refractivity contribution is 5.79. The Morgan fingerprint density at radius 3 is 2.52 bits per heavy atom. The fraction of sp³-hybridized carbons (Fsp3) is 0.842. The minimum atomic E-state index is 0.126. The van der Waals surface area contributed by atoms with Gasteiger partial charge in [0, 0.05) is 58.0 Å². The first-order valence-electron chi connectivity index (χ1n) is 9.91. The number of likely N-dealkylation sites (tertiary alicyclic amines) is 2. The van der Waals surface area contributed by atoms with Crippen LogP contribution in [0, 0.1) is 0 Å². The molecule has 2 heterocycles. The highest BCUT2D eigenvalue weighted by Gasteiger charge is 2.31. The molecule has 6 heteroatoms. The molecular weight excluding hydrogens is 318 g/mol. The number of rotatable bonds is 7. The average Bonchev–Trinajstić information content (AvgIpc) is 2.63. The molecule has 1 unspecified atom stereocenters. The van der Waals surface area contributed by atoms with Gasteiger partial charge in [-0.05, 0) is 46.0 Å². The van der Waals surface area contributed by atoms with E-state index < -0.39 is 0 Å². The Morgan fingerprint density at radius 1 is 1.08 bits per heavy atom. The zero-order chi connectivity index (χ0) is 18.2. The van der Waals surface area contributed by atoms with E-state index in [9.17, 15) is 14.4 Å². The molecule has 2 rings (SSSR count). The summed E-state index contributed by atoms with van der Waals surface area (Å²) in [7, 11) is 0. The summed E-state index contributed by atoms with van der Waals surface area (Å²) in [5.74, 6) is 0.505. The van der Waals surface area contributed by atoms with Crippen molar-refractivity contribution in [2.45, 2.75) is 71.3 Å². The molecule has 0 aromatic heterocycles. The van der Waals surface area contributed by atoms with Crippen LogP contribution in [0.2, 0.25) is 0 Å². The van der Waals surface area contributed by atoms with E-state index in [1.807, 2.05) is 28.5 Å². The molecule has 0 bridgehead atoms. The molecule has 6 nitrogen and oxygen atoms in total. The quantitative estimate of drug-likeness (QED) is 0.705. The molecule has 2 aliphatic rings. The van der Waals surface area contributed by atoms with Crippen LogP contribution < -0.4 is 0 Å². The lowest BCUT2D eigenvalue weighted by Gasteiger charge is -2.41. The van der Waals surface area contributed by atoms with Crippen molar-refractivity contribution in [3.8, 4) is 0 Å². The van der Waals surface area contributed by atoms with E-state index in [0.717, 1.165) is 51.9 Å². The van der Waals surface area contributed by atoms with Crippen LogP contribution in [-0.2, 0) is 14.4 Å². The fourth-order valence-electron chi connectivity index (χ4n) is 3.93. The van der Waals surface area contributed by atoms with Gasteiger partial charge in [-0.1, -0.05) is 0 Å². The van der Waals surface area contributed by atoms with Crippen LogP contribution in [0.1, 0.15) is 65.2 Å². The Bertz CT molecular complexity index is 477. The smallest absolute Gasteiger partial charge is 0.222 e. The van der Waals surface area contributed by atoms with E-state index in [1.165, 1.54) is 0 Å². The van der Waals surface area contributed by atoms with Crippen molar-refractivity contribution in [1.29, 1.82) is 0 Å². The summed E-state index contributed by atoms with van der Waals surface area (Å²) in [6.07, 6.45) is 6.14. The summed E-state index contributed by atoms with van der Waals surface area (Å²) in [5.41, 5.74) is 0. The molecule has 2 aliphatic heterocycles. The molecule has 0 saturated carbocycles. The number of nitrogens with zero attached hydrogens (tertiary/aromatic N) is 3. The third-order valence-electron chi connectivity index (χ3n) is 5.45. The molecule has 0 N–H and O–H groups in total. The Balaban J connectivity index is 1.77. The van der Waals surface area contributed by atoms with Crippen molar-refractivity contribution in [3.63, 3.8) is 0 Å². The van der Waals surface area contributed by atoms with Gasteiger partial charge in [0.05, 0.1) is 0 Å². The van der Waals surface area contributed by atoms with Gasteiger partial charge in [0.1, 0.15) is 0 Å². The first-order chi connectivity index (χ1) is 12.1. The number of hydrogen-bond donors (Lipinski definition) is 0. The van der Waals surface area contributed by atoms with Crippen LogP contribution in [-0.4, -0.2) is 71.2 Å². The van der Waals surface area contributed by atoms with Crippen molar-refractivity contribution >= 4 is 17.7 Å². The Hall–Kier alpha value is -1.59. The second kappa shape index (κ2) is 9.78. The second-order valence-corrected chi connectivity index (χ2v) is 7.10. The number of amides is 3. The van der Waals surface area contributed by atoms with Gasteiger partial charge < -0.3 is 14.7 Å². The summed E-state index contributed by atoms with van der Waals surface area (Å²) in [5, 5.41) is 0. The molecular formula is C19H33N3O3. The van der Waals surface area contributed by atoms with Crippen LogP contribution in [0.3, 0.4) is 0 Å². The van der Waals surface area contributed by atoms with Gasteiger partial charge in [-0.2, -0.15) is 0 Å². The molecule has 1 atom stereocenters. The summed E-state index contributed by atoms with van der Waals surface area (Å²) >= 11 is 0. The molecule has 25 heavy (non-hydrogen) atoms. The van der Waals surface area contributed by atoms with E-state index in [-0.39, 0.29) is 23.8 Å². The van der Waals surface area contributed by atoms with E-state index in [4.69, 9.17) is 0 Å². The van der Waals surface area contributed by atoms with Crippen LogP contribution in [0.25, 0.3) is 0 Å². The lowest BCUT2D eigenvalue weighted by atomic mass is 10.00. The molecule has 2 saturated heterocycles. The van der Waals surface area contributed by atoms with Crippen LogP contribution in [0.15, 0.2) is 0 Å². The van der Waals surface area contributed by atoms with E-state index in [1.54, 1.807) is 0 Å². The molecule has 0 aromatic carbocycles. The Labute approximate surface area is 151 Å². The molecule has 142 valence electrons. The molecule has 3 amide bonds. The highest BCUT2D eigenvalue weighted by Crippen LogP contribution is 2.22. The predicted octanol–water partition coefficient (Wildman–Crippen LogP) is 2.03. The molecule has 2 fully saturated rings. The van der Waals surface area contributed by atoms with Gasteiger partial charge in [0.15, 0.2) is 0 Å². The Morgan fingerprint density at radius 2 is 1.84 bits per heavy atom. The minimum absolute atomic E-state index is 0.126. The zero-order valence-corrected chi connectivity index (χ0v) is 15.8. The summed E-state index contributed by atoms with van der Waals surface area (Å²) in [4.78, 5) is 42.3. The van der Waals surface area contributed by atoms with Crippen molar-refractivity contribution in [1.82, 2.24) is 14.7 Å². The number of hydrogen-bond acceptors (Lipinski definition) is 3. The molecule has 0 aromatic rings. The van der Waals surface area contributed by atoms with Gasteiger partial charge >= 0.3 is 0 Å². The average molecular weight is 351 g/mol. The first-order valence-corrected chi connectivity index (χ1v) is 9.91. The lowest BCUT2D eigenvalue weighted by molar-refractivity contribution is -0.141. The van der Waals surface area contributed by atoms with E-state index in [0.29, 0.717) is 32.2 Å². The lowest BCUT2D eigenvalue weighted by Crippen LogP contribution is -2.52. The fourth-order valence-corrected chi connectivity index (χ4v) is 3.93. The van der Waals surface area contributed by atoms with Crippen LogP contribution in [0.4, 0.5) is 0 Å². The summed E-state index contributed by atoms with van der Waals surface area (Å²) in [6, 6.07) is 0.183. The number of piperidine rings is 2. The van der Waals surface area contributed by atoms with Gasteiger partial charge in [-0.3, -0.25) is 14.4 Å². The second-order valence-electron chi connectivity index (χ2n) is 7.10. The topological polar surface area (TPSA) is 60.9 Å². The van der Waals surface area contributed by atoms with E-state index >= 15 is 0 Å². The molecule has 0 spiro atoms. The monoisotopic (exact) mass is 351 g/mol. The first kappa shape index (κ1) is 19.7. The summed E-state index contributed by atoms with van der Waals surface area (Å²) in [6.45, 7) is 7.67. The SMILES string of the molecule is CCN(CC)C(=O)CCCC(=O)N1CCCC(N2CCCCC2=O)C1. The maximum absolute atomic E-state index is 12.5. The largest absolute Gasteiger partial charge is 0.343 e. The van der Waals surface area contributed by atoms with Crippen LogP contribution in [0.5, 0.6) is 0 Å².